The van der Waals surface area contributed by atoms with E-state index in [0.717, 1.165) is 5.56 Å². The molecule has 122 valence electrons. The molecule has 23 heavy (non-hydrogen) atoms. The average Bonchev–Trinajstić information content (AvgIpc) is 2.57. The van der Waals surface area contributed by atoms with Crippen LogP contribution in [0, 0.1) is 6.92 Å². The first-order valence-electron chi connectivity index (χ1n) is 6.98. The van der Waals surface area contributed by atoms with Crippen LogP contribution in [0.2, 0.25) is 0 Å². The van der Waals surface area contributed by atoms with Gasteiger partial charge in [0.25, 0.3) is 5.91 Å². The summed E-state index contributed by atoms with van der Waals surface area (Å²) in [5.41, 5.74) is 8.33. The summed E-state index contributed by atoms with van der Waals surface area (Å²) < 4.78 is 15.8. The Morgan fingerprint density at radius 2 is 1.65 bits per heavy atom. The largest absolute Gasteiger partial charge is 0.493 e. The second kappa shape index (κ2) is 6.91. The van der Waals surface area contributed by atoms with Crippen molar-refractivity contribution in [2.75, 3.05) is 32.4 Å². The molecule has 0 saturated heterocycles. The lowest BCUT2D eigenvalue weighted by atomic mass is 10.1. The van der Waals surface area contributed by atoms with Crippen molar-refractivity contribution in [2.45, 2.75) is 6.92 Å². The lowest BCUT2D eigenvalue weighted by Gasteiger charge is -2.15. The fourth-order valence-corrected chi connectivity index (χ4v) is 2.20. The molecule has 1 amide bonds. The predicted octanol–water partition coefficient (Wildman–Crippen LogP) is 2.86. The van der Waals surface area contributed by atoms with E-state index < -0.39 is 0 Å². The third kappa shape index (κ3) is 3.31. The summed E-state index contributed by atoms with van der Waals surface area (Å²) in [6, 6.07) is 8.55. The lowest BCUT2D eigenvalue weighted by Crippen LogP contribution is -2.14. The van der Waals surface area contributed by atoms with Gasteiger partial charge in [-0.05, 0) is 36.8 Å². The molecule has 3 N–H and O–H groups in total. The molecule has 0 aliphatic carbocycles. The highest BCUT2D eigenvalue weighted by Gasteiger charge is 2.17. The van der Waals surface area contributed by atoms with Crippen LogP contribution in [0.5, 0.6) is 17.2 Å². The molecule has 2 aromatic rings. The zero-order valence-corrected chi connectivity index (χ0v) is 13.6. The number of nitrogens with one attached hydrogen (secondary N) is 1. The van der Waals surface area contributed by atoms with Gasteiger partial charge in [-0.2, -0.15) is 0 Å². The number of rotatable bonds is 5. The summed E-state index contributed by atoms with van der Waals surface area (Å²) in [5.74, 6) is 0.979. The van der Waals surface area contributed by atoms with Crippen molar-refractivity contribution in [3.63, 3.8) is 0 Å². The van der Waals surface area contributed by atoms with Gasteiger partial charge in [0.2, 0.25) is 5.75 Å². The Morgan fingerprint density at radius 3 is 2.17 bits per heavy atom. The topological polar surface area (TPSA) is 82.8 Å². The quantitative estimate of drug-likeness (QED) is 0.829. The summed E-state index contributed by atoms with van der Waals surface area (Å²) in [6.07, 6.45) is 0. The van der Waals surface area contributed by atoms with E-state index in [0.29, 0.717) is 34.2 Å². The monoisotopic (exact) mass is 316 g/mol. The number of benzene rings is 2. The molecule has 0 heterocycles. The van der Waals surface area contributed by atoms with Crippen LogP contribution in [0.3, 0.4) is 0 Å². The molecule has 2 rings (SSSR count). The Balaban J connectivity index is 2.37. The first kappa shape index (κ1) is 16.5. The molecule has 0 saturated carbocycles. The van der Waals surface area contributed by atoms with Gasteiger partial charge < -0.3 is 25.3 Å². The van der Waals surface area contributed by atoms with Crippen molar-refractivity contribution in [2.24, 2.45) is 0 Å². The number of hydrogen-bond acceptors (Lipinski definition) is 5. The molecule has 0 spiro atoms. The van der Waals surface area contributed by atoms with E-state index in [1.54, 1.807) is 30.3 Å². The third-order valence-corrected chi connectivity index (χ3v) is 3.55. The molecule has 6 nitrogen and oxygen atoms in total. The number of carbonyl (C=O) groups is 1. The molecule has 6 heteroatoms. The fourth-order valence-electron chi connectivity index (χ4n) is 2.20. The number of hydrogen-bond donors (Lipinski definition) is 2. The molecule has 0 aromatic heterocycles. The van der Waals surface area contributed by atoms with Crippen LogP contribution in [0.4, 0.5) is 11.4 Å². The van der Waals surface area contributed by atoms with Crippen LogP contribution in [-0.4, -0.2) is 27.2 Å². The maximum Gasteiger partial charge on any atom is 0.255 e. The molecule has 0 radical (unpaired) electrons. The van der Waals surface area contributed by atoms with Gasteiger partial charge in [-0.1, -0.05) is 6.07 Å². The van der Waals surface area contributed by atoms with Crippen LogP contribution in [-0.2, 0) is 0 Å². The van der Waals surface area contributed by atoms with Gasteiger partial charge in [0.1, 0.15) is 0 Å². The Hall–Kier alpha value is -2.89. The van der Waals surface area contributed by atoms with E-state index in [1.807, 2.05) is 6.92 Å². The van der Waals surface area contributed by atoms with Gasteiger partial charge in [0.05, 0.1) is 21.3 Å². The maximum absolute atomic E-state index is 12.5. The smallest absolute Gasteiger partial charge is 0.255 e. The predicted molar refractivity (Wildman–Crippen MR) is 89.6 cm³/mol. The third-order valence-electron chi connectivity index (χ3n) is 3.55. The zero-order chi connectivity index (χ0) is 17.0. The molecule has 0 aliphatic rings. The number of nitrogens with two attached hydrogens (primary N) is 1. The minimum Gasteiger partial charge on any atom is -0.493 e. The summed E-state index contributed by atoms with van der Waals surface area (Å²) in [5, 5.41) is 2.84. The number of nitrogen functional groups attached to an aromatic ring is 1. The summed E-state index contributed by atoms with van der Waals surface area (Å²) in [7, 11) is 4.51. The fraction of sp³-hybridized carbons (Fsp3) is 0.235. The Labute approximate surface area is 135 Å². The van der Waals surface area contributed by atoms with E-state index in [2.05, 4.69) is 5.32 Å². The van der Waals surface area contributed by atoms with E-state index in [9.17, 15) is 4.79 Å². The van der Waals surface area contributed by atoms with Gasteiger partial charge in [0.15, 0.2) is 11.5 Å². The first-order chi connectivity index (χ1) is 11.0. The van der Waals surface area contributed by atoms with Crippen LogP contribution in [0.25, 0.3) is 0 Å². The molecule has 0 atom stereocenters. The standard InChI is InChI=1S/C17H20N2O4/c1-10-12(18)6-5-7-13(10)19-17(20)11-8-14(21-2)16(23-4)15(9-11)22-3/h5-9H,18H2,1-4H3,(H,19,20). The highest BCUT2D eigenvalue weighted by Crippen LogP contribution is 2.38. The van der Waals surface area contributed by atoms with Crippen LogP contribution < -0.4 is 25.3 Å². The van der Waals surface area contributed by atoms with E-state index in [1.165, 1.54) is 21.3 Å². The second-order valence-corrected chi connectivity index (χ2v) is 4.89. The highest BCUT2D eigenvalue weighted by atomic mass is 16.5. The highest BCUT2D eigenvalue weighted by molar-refractivity contribution is 6.05. The molecule has 0 unspecified atom stereocenters. The number of anilines is 2. The van der Waals surface area contributed by atoms with Gasteiger partial charge in [-0.25, -0.2) is 0 Å². The van der Waals surface area contributed by atoms with Crippen molar-refractivity contribution >= 4 is 17.3 Å². The van der Waals surface area contributed by atoms with Crippen LogP contribution in [0.15, 0.2) is 30.3 Å². The molecular weight excluding hydrogens is 296 g/mol. The summed E-state index contributed by atoms with van der Waals surface area (Å²) in [4.78, 5) is 12.5. The second-order valence-electron chi connectivity index (χ2n) is 4.89. The minimum atomic E-state index is -0.294. The first-order valence-corrected chi connectivity index (χ1v) is 6.98. The van der Waals surface area contributed by atoms with Gasteiger partial charge in [-0.3, -0.25) is 4.79 Å². The van der Waals surface area contributed by atoms with Crippen molar-refractivity contribution in [3.05, 3.63) is 41.5 Å². The summed E-state index contributed by atoms with van der Waals surface area (Å²) >= 11 is 0. The number of ether oxygens (including phenoxy) is 3. The van der Waals surface area contributed by atoms with E-state index in [4.69, 9.17) is 19.9 Å². The Kier molecular flexibility index (Phi) is 4.95. The number of carbonyl (C=O) groups excluding carboxylic acids is 1. The lowest BCUT2D eigenvalue weighted by molar-refractivity contribution is 0.102. The maximum atomic E-state index is 12.5. The normalized spacial score (nSPS) is 10.1. The Morgan fingerprint density at radius 1 is 1.04 bits per heavy atom. The minimum absolute atomic E-state index is 0.294. The van der Waals surface area contributed by atoms with E-state index >= 15 is 0 Å². The summed E-state index contributed by atoms with van der Waals surface area (Å²) in [6.45, 7) is 1.85. The van der Waals surface area contributed by atoms with Gasteiger partial charge in [-0.15, -0.1) is 0 Å². The number of amides is 1. The molecular formula is C17H20N2O4. The Bertz CT molecular complexity index is 704. The SMILES string of the molecule is COc1cc(C(=O)Nc2cccc(N)c2C)cc(OC)c1OC. The zero-order valence-electron chi connectivity index (χ0n) is 13.6. The van der Waals surface area contributed by atoms with Crippen molar-refractivity contribution in [1.82, 2.24) is 0 Å². The van der Waals surface area contributed by atoms with Crippen molar-refractivity contribution < 1.29 is 19.0 Å². The van der Waals surface area contributed by atoms with Gasteiger partial charge >= 0.3 is 0 Å². The van der Waals surface area contributed by atoms with Crippen molar-refractivity contribution in [1.29, 1.82) is 0 Å². The molecule has 2 aromatic carbocycles. The number of methoxy groups -OCH3 is 3. The van der Waals surface area contributed by atoms with Crippen LogP contribution in [0.1, 0.15) is 15.9 Å². The molecule has 0 aliphatic heterocycles. The molecule has 0 bridgehead atoms. The van der Waals surface area contributed by atoms with Crippen molar-refractivity contribution in [3.8, 4) is 17.2 Å². The van der Waals surface area contributed by atoms with Gasteiger partial charge in [0, 0.05) is 16.9 Å². The molecule has 0 fully saturated rings. The van der Waals surface area contributed by atoms with E-state index in [-0.39, 0.29) is 5.91 Å². The average molecular weight is 316 g/mol. The van der Waals surface area contributed by atoms with Crippen LogP contribution >= 0.6 is 0 Å².